The van der Waals surface area contributed by atoms with Crippen molar-refractivity contribution in [2.24, 2.45) is 0 Å². The first-order valence-electron chi connectivity index (χ1n) is 7.80. The molecular weight excluding hydrogens is 311 g/mol. The topological polar surface area (TPSA) is 69.3 Å². The highest BCUT2D eigenvalue weighted by atomic mass is 19.1. The molecule has 1 aromatic heterocycles. The number of likely N-dealkylation sites (N-methyl/N-ethyl adjacent to an activating group) is 1. The molecule has 1 aliphatic rings. The van der Waals surface area contributed by atoms with Gasteiger partial charge in [0.25, 0.3) is 5.91 Å². The number of hydrogen-bond acceptors (Lipinski definition) is 4. The summed E-state index contributed by atoms with van der Waals surface area (Å²) in [5.74, 6) is -0.742. The number of H-pyrrole nitrogens is 1. The summed E-state index contributed by atoms with van der Waals surface area (Å²) in [6, 6.07) is 6.03. The molecule has 6 nitrogen and oxygen atoms in total. The molecule has 126 valence electrons. The minimum Gasteiger partial charge on any atom is -0.335 e. The zero-order valence-electron chi connectivity index (χ0n) is 13.7. The van der Waals surface area contributed by atoms with Gasteiger partial charge >= 0.3 is 5.69 Å². The van der Waals surface area contributed by atoms with Gasteiger partial charge in [-0.3, -0.25) is 4.79 Å². The summed E-state index contributed by atoms with van der Waals surface area (Å²) >= 11 is 0. The van der Waals surface area contributed by atoms with Crippen molar-refractivity contribution < 1.29 is 9.18 Å². The van der Waals surface area contributed by atoms with Crippen molar-refractivity contribution in [3.05, 3.63) is 51.8 Å². The average Bonchev–Trinajstić information content (AvgIpc) is 2.56. The third-order valence-corrected chi connectivity index (χ3v) is 4.16. The Bertz CT molecular complexity index is 826. The van der Waals surface area contributed by atoms with Crippen LogP contribution < -0.4 is 5.69 Å². The van der Waals surface area contributed by atoms with Gasteiger partial charge in [-0.1, -0.05) is 11.6 Å². The van der Waals surface area contributed by atoms with Crippen LogP contribution in [0.3, 0.4) is 0 Å². The van der Waals surface area contributed by atoms with Crippen LogP contribution >= 0.6 is 0 Å². The standard InChI is InChI=1S/C17H19FN4O2/c1-11-3-4-13(18)12(9-11)14-10-15(20-17(24)19-14)16(23)22-7-5-21(2)6-8-22/h3-4,9-10H,5-8H2,1-2H3,(H,19,20,24). The van der Waals surface area contributed by atoms with Crippen molar-refractivity contribution >= 4 is 5.91 Å². The van der Waals surface area contributed by atoms with E-state index in [1.165, 1.54) is 12.1 Å². The zero-order valence-corrected chi connectivity index (χ0v) is 13.7. The molecule has 0 bridgehead atoms. The highest BCUT2D eigenvalue weighted by Gasteiger charge is 2.22. The summed E-state index contributed by atoms with van der Waals surface area (Å²) in [6.07, 6.45) is 0. The average molecular weight is 330 g/mol. The van der Waals surface area contributed by atoms with Gasteiger partial charge in [-0.05, 0) is 32.2 Å². The fraction of sp³-hybridized carbons (Fsp3) is 0.353. The van der Waals surface area contributed by atoms with Gasteiger partial charge in [0.2, 0.25) is 0 Å². The molecule has 24 heavy (non-hydrogen) atoms. The van der Waals surface area contributed by atoms with E-state index < -0.39 is 11.5 Å². The molecule has 0 atom stereocenters. The molecule has 1 N–H and O–H groups in total. The number of nitrogens with zero attached hydrogens (tertiary/aromatic N) is 3. The van der Waals surface area contributed by atoms with Crippen molar-refractivity contribution in [2.45, 2.75) is 6.92 Å². The highest BCUT2D eigenvalue weighted by Crippen LogP contribution is 2.22. The number of aryl methyl sites for hydroxylation is 1. The SMILES string of the molecule is Cc1ccc(F)c(-c2cc(C(=O)N3CCN(C)CC3)[nH]c(=O)n2)c1. The van der Waals surface area contributed by atoms with Crippen LogP contribution in [0.4, 0.5) is 4.39 Å². The van der Waals surface area contributed by atoms with E-state index in [0.717, 1.165) is 18.7 Å². The van der Waals surface area contributed by atoms with Crippen LogP contribution in [0.15, 0.2) is 29.1 Å². The molecular formula is C17H19FN4O2. The normalized spacial score (nSPS) is 15.5. The van der Waals surface area contributed by atoms with Crippen molar-refractivity contribution in [2.75, 3.05) is 33.2 Å². The minimum atomic E-state index is -0.661. The van der Waals surface area contributed by atoms with Gasteiger partial charge in [-0.2, -0.15) is 4.98 Å². The molecule has 1 fully saturated rings. The van der Waals surface area contributed by atoms with Gasteiger partial charge in [-0.25, -0.2) is 9.18 Å². The number of amides is 1. The van der Waals surface area contributed by atoms with Crippen LogP contribution in [0.1, 0.15) is 16.1 Å². The van der Waals surface area contributed by atoms with Crippen LogP contribution in [0.2, 0.25) is 0 Å². The monoisotopic (exact) mass is 330 g/mol. The first kappa shape index (κ1) is 16.3. The molecule has 0 spiro atoms. The maximum atomic E-state index is 14.1. The molecule has 1 aliphatic heterocycles. The van der Waals surface area contributed by atoms with Gasteiger partial charge in [0.15, 0.2) is 0 Å². The van der Waals surface area contributed by atoms with Crippen LogP contribution in [-0.4, -0.2) is 58.9 Å². The van der Waals surface area contributed by atoms with Crippen LogP contribution in [-0.2, 0) is 0 Å². The summed E-state index contributed by atoms with van der Waals surface area (Å²) in [4.78, 5) is 34.6. The number of halogens is 1. The maximum absolute atomic E-state index is 14.1. The van der Waals surface area contributed by atoms with Gasteiger partial charge < -0.3 is 14.8 Å². The lowest BCUT2D eigenvalue weighted by Crippen LogP contribution is -2.47. The van der Waals surface area contributed by atoms with Crippen LogP contribution in [0.5, 0.6) is 0 Å². The predicted octanol–water partition coefficient (Wildman–Crippen LogP) is 1.27. The first-order valence-corrected chi connectivity index (χ1v) is 7.80. The second kappa shape index (κ2) is 6.52. The summed E-state index contributed by atoms with van der Waals surface area (Å²) in [5, 5.41) is 0. The minimum absolute atomic E-state index is 0.135. The van der Waals surface area contributed by atoms with E-state index in [-0.39, 0.29) is 22.9 Å². The third-order valence-electron chi connectivity index (χ3n) is 4.16. The molecule has 1 saturated heterocycles. The Morgan fingerprint density at radius 2 is 1.92 bits per heavy atom. The zero-order chi connectivity index (χ0) is 17.3. The lowest BCUT2D eigenvalue weighted by molar-refractivity contribution is 0.0657. The van der Waals surface area contributed by atoms with E-state index in [4.69, 9.17) is 0 Å². The van der Waals surface area contributed by atoms with Crippen LogP contribution in [0, 0.1) is 12.7 Å². The number of carbonyl (C=O) groups excluding carboxylic acids is 1. The summed E-state index contributed by atoms with van der Waals surface area (Å²) in [6.45, 7) is 4.56. The van der Waals surface area contributed by atoms with E-state index in [9.17, 15) is 14.0 Å². The number of piperazine rings is 1. The molecule has 1 amide bonds. The van der Waals surface area contributed by atoms with E-state index in [2.05, 4.69) is 14.9 Å². The Morgan fingerprint density at radius 1 is 1.21 bits per heavy atom. The first-order chi connectivity index (χ1) is 11.4. The Morgan fingerprint density at radius 3 is 2.62 bits per heavy atom. The van der Waals surface area contributed by atoms with E-state index in [1.54, 1.807) is 17.0 Å². The van der Waals surface area contributed by atoms with E-state index in [1.807, 2.05) is 14.0 Å². The number of aromatic nitrogens is 2. The van der Waals surface area contributed by atoms with Gasteiger partial charge in [0.1, 0.15) is 11.5 Å². The molecule has 3 rings (SSSR count). The lowest BCUT2D eigenvalue weighted by Gasteiger charge is -2.32. The van der Waals surface area contributed by atoms with Gasteiger partial charge in [-0.15, -0.1) is 0 Å². The molecule has 0 radical (unpaired) electrons. The number of hydrogen-bond donors (Lipinski definition) is 1. The van der Waals surface area contributed by atoms with Crippen molar-refractivity contribution in [3.8, 4) is 11.3 Å². The second-order valence-corrected chi connectivity index (χ2v) is 6.06. The maximum Gasteiger partial charge on any atom is 0.346 e. The Kier molecular flexibility index (Phi) is 4.44. The van der Waals surface area contributed by atoms with E-state index >= 15 is 0 Å². The lowest BCUT2D eigenvalue weighted by atomic mass is 10.1. The molecule has 0 aliphatic carbocycles. The molecule has 2 aromatic rings. The Labute approximate surface area is 138 Å². The Balaban J connectivity index is 1.96. The molecule has 7 heteroatoms. The largest absolute Gasteiger partial charge is 0.346 e. The summed E-state index contributed by atoms with van der Waals surface area (Å²) < 4.78 is 14.1. The van der Waals surface area contributed by atoms with Crippen LogP contribution in [0.25, 0.3) is 11.3 Å². The van der Waals surface area contributed by atoms with E-state index in [0.29, 0.717) is 13.1 Å². The molecule has 2 heterocycles. The van der Waals surface area contributed by atoms with Gasteiger partial charge in [0, 0.05) is 31.7 Å². The fourth-order valence-corrected chi connectivity index (χ4v) is 2.73. The fourth-order valence-electron chi connectivity index (χ4n) is 2.73. The number of benzene rings is 1. The van der Waals surface area contributed by atoms with Crippen molar-refractivity contribution in [1.82, 2.24) is 19.8 Å². The third kappa shape index (κ3) is 3.35. The molecule has 0 unspecified atom stereocenters. The van der Waals surface area contributed by atoms with Crippen molar-refractivity contribution in [1.29, 1.82) is 0 Å². The number of rotatable bonds is 2. The summed E-state index contributed by atoms with van der Waals surface area (Å²) in [7, 11) is 1.99. The highest BCUT2D eigenvalue weighted by molar-refractivity contribution is 5.93. The summed E-state index contributed by atoms with van der Waals surface area (Å²) in [5.41, 5.74) is 0.702. The number of aromatic amines is 1. The predicted molar refractivity (Wildman–Crippen MR) is 88.4 cm³/mol. The van der Waals surface area contributed by atoms with Gasteiger partial charge in [0.05, 0.1) is 5.69 Å². The Hall–Kier alpha value is -2.54. The molecule has 0 saturated carbocycles. The number of nitrogens with one attached hydrogen (secondary N) is 1. The smallest absolute Gasteiger partial charge is 0.335 e. The quantitative estimate of drug-likeness (QED) is 0.900. The molecule has 1 aromatic carbocycles. The second-order valence-electron chi connectivity index (χ2n) is 6.06. The number of carbonyl (C=O) groups is 1. The van der Waals surface area contributed by atoms with Crippen molar-refractivity contribution in [3.63, 3.8) is 0 Å².